The number of para-hydroxylation sites is 1. The van der Waals surface area contributed by atoms with Gasteiger partial charge in [0.1, 0.15) is 12.3 Å². The highest BCUT2D eigenvalue weighted by Crippen LogP contribution is 2.33. The molecule has 3 rings (SSSR count). The average Bonchev–Trinajstić information content (AvgIpc) is 2.88. The van der Waals surface area contributed by atoms with E-state index in [-0.39, 0.29) is 17.2 Å². The largest absolute Gasteiger partial charge is 0.507 e. The number of carbonyl (C=O) groups excluding carboxylic acids is 3. The first-order valence-electron chi connectivity index (χ1n) is 7.63. The van der Waals surface area contributed by atoms with Crippen molar-refractivity contribution in [3.63, 3.8) is 0 Å². The van der Waals surface area contributed by atoms with Crippen LogP contribution in [0.3, 0.4) is 0 Å². The smallest absolute Gasteiger partial charge is 0.294 e. The highest BCUT2D eigenvalue weighted by molar-refractivity contribution is 9.11. The number of anilines is 1. The predicted molar refractivity (Wildman–Crippen MR) is 111 cm³/mol. The van der Waals surface area contributed by atoms with Gasteiger partial charge in [0.05, 0.1) is 15.1 Å². The number of carbonyl (C=O) groups is 3. The van der Waals surface area contributed by atoms with Crippen LogP contribution >= 0.6 is 43.6 Å². The molecule has 1 fully saturated rings. The first-order chi connectivity index (χ1) is 12.8. The number of hydrogen-bond acceptors (Lipinski definition) is 5. The summed E-state index contributed by atoms with van der Waals surface area (Å²) in [5, 5.41) is 11.7. The highest BCUT2D eigenvalue weighted by Gasteiger charge is 2.36. The van der Waals surface area contributed by atoms with Gasteiger partial charge in [-0.2, -0.15) is 0 Å². The molecule has 6 nitrogen and oxygen atoms in total. The van der Waals surface area contributed by atoms with Crippen LogP contribution < -0.4 is 5.32 Å². The van der Waals surface area contributed by atoms with Gasteiger partial charge in [-0.1, -0.05) is 18.2 Å². The van der Waals surface area contributed by atoms with Gasteiger partial charge in [0, 0.05) is 4.47 Å². The Morgan fingerprint density at radius 2 is 1.89 bits per heavy atom. The molecule has 1 heterocycles. The summed E-state index contributed by atoms with van der Waals surface area (Å²) >= 11 is 7.29. The number of thioether (sulfide) groups is 1. The minimum absolute atomic E-state index is 0.0731. The monoisotopic (exact) mass is 510 g/mol. The van der Waals surface area contributed by atoms with Crippen molar-refractivity contribution in [2.75, 3.05) is 11.9 Å². The summed E-state index contributed by atoms with van der Waals surface area (Å²) in [6.07, 6.45) is 1.54. The number of rotatable bonds is 4. The van der Waals surface area contributed by atoms with Crippen molar-refractivity contribution in [2.24, 2.45) is 0 Å². The lowest BCUT2D eigenvalue weighted by molar-refractivity contribution is -0.127. The normalized spacial score (nSPS) is 15.5. The molecule has 0 atom stereocenters. The molecule has 2 N–H and O–H groups in total. The van der Waals surface area contributed by atoms with Crippen LogP contribution in [0.25, 0.3) is 6.08 Å². The third-order valence-electron chi connectivity index (χ3n) is 3.59. The third-order valence-corrected chi connectivity index (χ3v) is 5.83. The molecule has 138 valence electrons. The van der Waals surface area contributed by atoms with Crippen LogP contribution in [-0.2, 0) is 9.59 Å². The zero-order valence-corrected chi connectivity index (χ0v) is 17.6. The number of amides is 3. The SMILES string of the molecule is O=C(CN1C(=O)S/C(=C/c2ccc(O)c(Br)c2)C1=O)Nc1ccccc1Br. The zero-order valence-electron chi connectivity index (χ0n) is 13.6. The van der Waals surface area contributed by atoms with E-state index in [0.717, 1.165) is 16.7 Å². The Morgan fingerprint density at radius 1 is 1.15 bits per heavy atom. The Labute approximate surface area is 175 Å². The van der Waals surface area contributed by atoms with E-state index in [1.807, 2.05) is 6.07 Å². The van der Waals surface area contributed by atoms with E-state index < -0.39 is 17.1 Å². The lowest BCUT2D eigenvalue weighted by atomic mass is 10.2. The van der Waals surface area contributed by atoms with Crippen molar-refractivity contribution < 1.29 is 19.5 Å². The third kappa shape index (κ3) is 4.60. The van der Waals surface area contributed by atoms with Crippen LogP contribution in [0.1, 0.15) is 5.56 Å². The van der Waals surface area contributed by atoms with Gasteiger partial charge in [-0.3, -0.25) is 19.3 Å². The summed E-state index contributed by atoms with van der Waals surface area (Å²) in [5.41, 5.74) is 1.20. The maximum Gasteiger partial charge on any atom is 0.294 e. The maximum absolute atomic E-state index is 12.5. The first kappa shape index (κ1) is 19.7. The average molecular weight is 512 g/mol. The summed E-state index contributed by atoms with van der Waals surface area (Å²) in [5.74, 6) is -0.932. The number of aromatic hydroxyl groups is 1. The molecule has 0 radical (unpaired) electrons. The van der Waals surface area contributed by atoms with Gasteiger partial charge in [-0.25, -0.2) is 0 Å². The quantitative estimate of drug-likeness (QED) is 0.586. The fourth-order valence-corrected chi connectivity index (χ4v) is 3.92. The van der Waals surface area contributed by atoms with E-state index in [2.05, 4.69) is 37.2 Å². The molecule has 0 aliphatic carbocycles. The summed E-state index contributed by atoms with van der Waals surface area (Å²) in [4.78, 5) is 38.0. The minimum atomic E-state index is -0.531. The molecule has 1 aliphatic heterocycles. The molecule has 0 spiro atoms. The predicted octanol–water partition coefficient (Wildman–Crippen LogP) is 4.59. The van der Waals surface area contributed by atoms with Crippen molar-refractivity contribution in [3.05, 3.63) is 61.9 Å². The van der Waals surface area contributed by atoms with Crippen molar-refractivity contribution >= 4 is 72.4 Å². The van der Waals surface area contributed by atoms with Crippen LogP contribution in [-0.4, -0.2) is 33.6 Å². The van der Waals surface area contributed by atoms with E-state index in [4.69, 9.17) is 0 Å². The second-order valence-electron chi connectivity index (χ2n) is 5.51. The van der Waals surface area contributed by atoms with E-state index >= 15 is 0 Å². The number of halogens is 2. The van der Waals surface area contributed by atoms with E-state index in [1.54, 1.807) is 36.4 Å². The molecule has 2 aromatic rings. The van der Waals surface area contributed by atoms with Gasteiger partial charge in [0.25, 0.3) is 11.1 Å². The van der Waals surface area contributed by atoms with Crippen LogP contribution in [0, 0.1) is 0 Å². The van der Waals surface area contributed by atoms with Gasteiger partial charge >= 0.3 is 0 Å². The fourth-order valence-electron chi connectivity index (χ4n) is 2.30. The number of phenolic OH excluding ortho intramolecular Hbond substituents is 1. The van der Waals surface area contributed by atoms with Crippen LogP contribution in [0.15, 0.2) is 56.3 Å². The number of benzene rings is 2. The molecule has 0 aromatic heterocycles. The Hall–Kier alpha value is -2.10. The standard InChI is InChI=1S/C18H12Br2N2O4S/c19-11-3-1-2-4-13(11)21-16(24)9-22-17(25)15(27-18(22)26)8-10-5-6-14(23)12(20)7-10/h1-8,23H,9H2,(H,21,24)/b15-8+. The molecule has 0 bridgehead atoms. The van der Waals surface area contributed by atoms with Gasteiger partial charge in [-0.15, -0.1) is 0 Å². The van der Waals surface area contributed by atoms with Crippen molar-refractivity contribution in [2.45, 2.75) is 0 Å². The van der Waals surface area contributed by atoms with Gasteiger partial charge in [-0.05, 0) is 79.5 Å². The van der Waals surface area contributed by atoms with Gasteiger partial charge < -0.3 is 10.4 Å². The fraction of sp³-hybridized carbons (Fsp3) is 0.0556. The number of hydrogen-bond donors (Lipinski definition) is 2. The van der Waals surface area contributed by atoms with E-state index in [0.29, 0.717) is 20.2 Å². The molecule has 0 saturated carbocycles. The first-order valence-corrected chi connectivity index (χ1v) is 10.0. The second kappa shape index (κ2) is 8.28. The molecule has 27 heavy (non-hydrogen) atoms. The zero-order chi connectivity index (χ0) is 19.6. The molecular weight excluding hydrogens is 500 g/mol. The van der Waals surface area contributed by atoms with Crippen molar-refractivity contribution in [1.29, 1.82) is 0 Å². The Bertz CT molecular complexity index is 978. The number of phenols is 1. The summed E-state index contributed by atoms with van der Waals surface area (Å²) in [7, 11) is 0. The summed E-state index contributed by atoms with van der Waals surface area (Å²) < 4.78 is 1.17. The lowest BCUT2D eigenvalue weighted by Crippen LogP contribution is -2.36. The Balaban J connectivity index is 1.72. The second-order valence-corrected chi connectivity index (χ2v) is 8.21. The molecule has 1 aliphatic rings. The summed E-state index contributed by atoms with van der Waals surface area (Å²) in [6.45, 7) is -0.372. The Morgan fingerprint density at radius 3 is 2.59 bits per heavy atom. The van der Waals surface area contributed by atoms with Crippen molar-refractivity contribution in [3.8, 4) is 5.75 Å². The van der Waals surface area contributed by atoms with Crippen LogP contribution in [0.4, 0.5) is 10.5 Å². The van der Waals surface area contributed by atoms with Crippen LogP contribution in [0.2, 0.25) is 0 Å². The van der Waals surface area contributed by atoms with Crippen LogP contribution in [0.5, 0.6) is 5.75 Å². The minimum Gasteiger partial charge on any atom is -0.507 e. The molecule has 0 unspecified atom stereocenters. The topological polar surface area (TPSA) is 86.7 Å². The maximum atomic E-state index is 12.5. The van der Waals surface area contributed by atoms with Gasteiger partial charge in [0.15, 0.2) is 0 Å². The number of nitrogens with zero attached hydrogens (tertiary/aromatic N) is 1. The van der Waals surface area contributed by atoms with Crippen molar-refractivity contribution in [1.82, 2.24) is 4.90 Å². The number of nitrogens with one attached hydrogen (secondary N) is 1. The number of imide groups is 1. The molecule has 9 heteroatoms. The molecule has 3 amide bonds. The van der Waals surface area contributed by atoms with Gasteiger partial charge in [0.2, 0.25) is 5.91 Å². The Kier molecular flexibility index (Phi) is 6.03. The molecule has 2 aromatic carbocycles. The highest BCUT2D eigenvalue weighted by atomic mass is 79.9. The molecule has 1 saturated heterocycles. The molecular formula is C18H12Br2N2O4S. The van der Waals surface area contributed by atoms with E-state index in [9.17, 15) is 19.5 Å². The summed E-state index contributed by atoms with van der Waals surface area (Å²) in [6, 6.07) is 11.8. The lowest BCUT2D eigenvalue weighted by Gasteiger charge is -2.13. The van der Waals surface area contributed by atoms with E-state index in [1.165, 1.54) is 6.07 Å².